The van der Waals surface area contributed by atoms with Crippen LogP contribution < -0.4 is 5.32 Å². The maximum absolute atomic E-state index is 10.6. The monoisotopic (exact) mass is 209 g/mol. The molecule has 1 aromatic heterocycles. The van der Waals surface area contributed by atoms with Crippen molar-refractivity contribution in [3.8, 4) is 0 Å². The van der Waals surface area contributed by atoms with Gasteiger partial charge in [-0.3, -0.25) is 4.99 Å². The zero-order valence-corrected chi connectivity index (χ0v) is 7.91. The maximum atomic E-state index is 10.6. The van der Waals surface area contributed by atoms with Gasteiger partial charge in [0.1, 0.15) is 0 Å². The second-order valence-corrected chi connectivity index (χ2v) is 3.52. The van der Waals surface area contributed by atoms with Crippen molar-refractivity contribution in [3.63, 3.8) is 0 Å². The van der Waals surface area contributed by atoms with E-state index in [-0.39, 0.29) is 12.1 Å². The standard InChI is InChI=1S/C8H7N3O2S/c12-8(13)5-3-10-6(11-4-5)7-9-1-2-14-7/h1-3H,4H2,(H,10,11)(H,12,13). The predicted octanol–water partition coefficient (Wildman–Crippen LogP) is 0.461. The van der Waals surface area contributed by atoms with E-state index in [0.717, 1.165) is 5.01 Å². The molecule has 72 valence electrons. The SMILES string of the molecule is O=C(O)C1=CNC(c2nccs2)=NC1. The molecule has 2 N–H and O–H groups in total. The van der Waals surface area contributed by atoms with Crippen LogP contribution in [0.4, 0.5) is 0 Å². The van der Waals surface area contributed by atoms with Gasteiger partial charge in [0.2, 0.25) is 0 Å². The van der Waals surface area contributed by atoms with Gasteiger partial charge >= 0.3 is 5.97 Å². The molecule has 0 fully saturated rings. The topological polar surface area (TPSA) is 74.6 Å². The molecule has 5 nitrogen and oxygen atoms in total. The minimum atomic E-state index is -0.945. The molecule has 1 aliphatic heterocycles. The van der Waals surface area contributed by atoms with Crippen LogP contribution in [0, 0.1) is 0 Å². The highest BCUT2D eigenvalue weighted by atomic mass is 32.1. The fraction of sp³-hybridized carbons (Fsp3) is 0.125. The van der Waals surface area contributed by atoms with Crippen molar-refractivity contribution in [2.24, 2.45) is 4.99 Å². The lowest BCUT2D eigenvalue weighted by Gasteiger charge is -2.09. The van der Waals surface area contributed by atoms with E-state index in [0.29, 0.717) is 5.84 Å². The molecule has 0 unspecified atom stereocenters. The Kier molecular flexibility index (Phi) is 2.28. The van der Waals surface area contributed by atoms with E-state index >= 15 is 0 Å². The summed E-state index contributed by atoms with van der Waals surface area (Å²) in [5.74, 6) is -0.315. The first-order valence-electron chi connectivity index (χ1n) is 3.90. The van der Waals surface area contributed by atoms with Gasteiger partial charge in [-0.1, -0.05) is 0 Å². The zero-order valence-electron chi connectivity index (χ0n) is 7.10. The molecule has 0 spiro atoms. The number of nitrogens with zero attached hydrogens (tertiary/aromatic N) is 2. The molecule has 0 aliphatic carbocycles. The van der Waals surface area contributed by atoms with Crippen LogP contribution >= 0.6 is 11.3 Å². The van der Waals surface area contributed by atoms with Crippen molar-refractivity contribution < 1.29 is 9.90 Å². The van der Waals surface area contributed by atoms with Gasteiger partial charge < -0.3 is 10.4 Å². The van der Waals surface area contributed by atoms with E-state index in [1.165, 1.54) is 17.5 Å². The number of carboxylic acid groups (broad SMARTS) is 1. The molecule has 6 heteroatoms. The van der Waals surface area contributed by atoms with Gasteiger partial charge in [-0.25, -0.2) is 9.78 Å². The fourth-order valence-corrected chi connectivity index (χ4v) is 1.62. The second kappa shape index (κ2) is 3.59. The third-order valence-electron chi connectivity index (χ3n) is 1.70. The molecule has 14 heavy (non-hydrogen) atoms. The highest BCUT2D eigenvalue weighted by Gasteiger charge is 2.14. The van der Waals surface area contributed by atoms with Gasteiger partial charge in [0.25, 0.3) is 0 Å². The molecule has 2 heterocycles. The molecule has 0 bridgehead atoms. The average Bonchev–Trinajstić information content (AvgIpc) is 2.71. The molecular weight excluding hydrogens is 202 g/mol. The normalized spacial score (nSPS) is 15.4. The van der Waals surface area contributed by atoms with Crippen LogP contribution in [-0.4, -0.2) is 28.4 Å². The Hall–Kier alpha value is -1.69. The lowest BCUT2D eigenvalue weighted by molar-refractivity contribution is -0.132. The first kappa shape index (κ1) is 8.89. The van der Waals surface area contributed by atoms with Crippen molar-refractivity contribution in [2.45, 2.75) is 0 Å². The Labute approximate surface area is 83.8 Å². The van der Waals surface area contributed by atoms with E-state index in [4.69, 9.17) is 5.11 Å². The van der Waals surface area contributed by atoms with Gasteiger partial charge in [0, 0.05) is 17.8 Å². The van der Waals surface area contributed by atoms with Crippen LogP contribution in [0.15, 0.2) is 28.3 Å². The van der Waals surface area contributed by atoms with Gasteiger partial charge in [0.15, 0.2) is 10.8 Å². The van der Waals surface area contributed by atoms with Crippen molar-refractivity contribution in [1.82, 2.24) is 10.3 Å². The van der Waals surface area contributed by atoms with E-state index in [2.05, 4.69) is 15.3 Å². The summed E-state index contributed by atoms with van der Waals surface area (Å²) in [5, 5.41) is 14.1. The number of thiazole rings is 1. The zero-order chi connectivity index (χ0) is 9.97. The number of aromatic nitrogens is 1. The molecule has 1 aromatic rings. The van der Waals surface area contributed by atoms with Crippen LogP contribution in [0.2, 0.25) is 0 Å². The number of rotatable bonds is 2. The lowest BCUT2D eigenvalue weighted by Crippen LogP contribution is -2.26. The van der Waals surface area contributed by atoms with Crippen LogP contribution in [0.3, 0.4) is 0 Å². The van der Waals surface area contributed by atoms with E-state index in [1.807, 2.05) is 5.38 Å². The summed E-state index contributed by atoms with van der Waals surface area (Å²) in [5.41, 5.74) is 0.255. The first-order valence-corrected chi connectivity index (χ1v) is 4.78. The summed E-state index contributed by atoms with van der Waals surface area (Å²) in [6.07, 6.45) is 3.13. The predicted molar refractivity (Wildman–Crippen MR) is 52.4 cm³/mol. The van der Waals surface area contributed by atoms with Crippen molar-refractivity contribution in [3.05, 3.63) is 28.4 Å². The number of aliphatic imine (C=N–C) groups is 1. The minimum absolute atomic E-state index is 0.192. The van der Waals surface area contributed by atoms with Gasteiger partial charge in [-0.2, -0.15) is 0 Å². The molecule has 0 atom stereocenters. The van der Waals surface area contributed by atoms with Crippen LogP contribution in [0.25, 0.3) is 0 Å². The first-order chi connectivity index (χ1) is 6.77. The molecule has 0 aromatic carbocycles. The van der Waals surface area contributed by atoms with E-state index in [1.54, 1.807) is 6.20 Å². The second-order valence-electron chi connectivity index (χ2n) is 2.62. The molecule has 2 rings (SSSR count). The molecule has 0 saturated carbocycles. The van der Waals surface area contributed by atoms with Crippen molar-refractivity contribution >= 4 is 23.1 Å². The van der Waals surface area contributed by atoms with E-state index in [9.17, 15) is 4.79 Å². The highest BCUT2D eigenvalue weighted by molar-refractivity contribution is 7.11. The third kappa shape index (κ3) is 1.64. The molecule has 0 radical (unpaired) electrons. The number of hydrogen-bond donors (Lipinski definition) is 2. The van der Waals surface area contributed by atoms with Crippen LogP contribution in [-0.2, 0) is 4.79 Å². The smallest absolute Gasteiger partial charge is 0.334 e. The van der Waals surface area contributed by atoms with Gasteiger partial charge in [-0.05, 0) is 0 Å². The lowest BCUT2D eigenvalue weighted by atomic mass is 10.2. The number of aliphatic carboxylic acids is 1. The Morgan fingerprint density at radius 3 is 3.00 bits per heavy atom. The molecular formula is C8H7N3O2S. The summed E-state index contributed by atoms with van der Waals surface area (Å²) in [6, 6.07) is 0. The highest BCUT2D eigenvalue weighted by Crippen LogP contribution is 2.08. The average molecular weight is 209 g/mol. The summed E-state index contributed by atoms with van der Waals surface area (Å²) in [4.78, 5) is 18.7. The summed E-state index contributed by atoms with van der Waals surface area (Å²) in [7, 11) is 0. The fourth-order valence-electron chi connectivity index (χ4n) is 1.01. The summed E-state index contributed by atoms with van der Waals surface area (Å²) >= 11 is 1.46. The molecule has 0 saturated heterocycles. The summed E-state index contributed by atoms with van der Waals surface area (Å²) < 4.78 is 0. The van der Waals surface area contributed by atoms with Crippen LogP contribution in [0.5, 0.6) is 0 Å². The van der Waals surface area contributed by atoms with Crippen molar-refractivity contribution in [1.29, 1.82) is 0 Å². The summed E-state index contributed by atoms with van der Waals surface area (Å²) in [6.45, 7) is 0.192. The number of carboxylic acids is 1. The maximum Gasteiger partial charge on any atom is 0.334 e. The minimum Gasteiger partial charge on any atom is -0.478 e. The Bertz CT molecular complexity index is 408. The number of amidine groups is 1. The Morgan fingerprint density at radius 2 is 2.50 bits per heavy atom. The number of nitrogens with one attached hydrogen (secondary N) is 1. The van der Waals surface area contributed by atoms with Gasteiger partial charge in [0.05, 0.1) is 12.1 Å². The van der Waals surface area contributed by atoms with Gasteiger partial charge in [-0.15, -0.1) is 11.3 Å². The molecule has 0 amide bonds. The third-order valence-corrected chi connectivity index (χ3v) is 2.48. The largest absolute Gasteiger partial charge is 0.478 e. The number of hydrogen-bond acceptors (Lipinski definition) is 5. The quantitative estimate of drug-likeness (QED) is 0.742. The molecule has 1 aliphatic rings. The van der Waals surface area contributed by atoms with Crippen molar-refractivity contribution in [2.75, 3.05) is 6.54 Å². The van der Waals surface area contributed by atoms with Crippen LogP contribution in [0.1, 0.15) is 5.01 Å². The number of carbonyl (C=O) groups is 1. The Balaban J connectivity index is 2.12. The Morgan fingerprint density at radius 1 is 1.64 bits per heavy atom. The van der Waals surface area contributed by atoms with E-state index < -0.39 is 5.97 Å².